The number of hydrogen-bond donors (Lipinski definition) is 0. The van der Waals surface area contributed by atoms with Crippen molar-refractivity contribution < 1.29 is 0 Å². The van der Waals surface area contributed by atoms with Gasteiger partial charge in [-0.05, 0) is 19.1 Å². The summed E-state index contributed by atoms with van der Waals surface area (Å²) >= 11 is 6.31. The number of nitrogens with zero attached hydrogens (tertiary/aromatic N) is 3. The van der Waals surface area contributed by atoms with Gasteiger partial charge >= 0.3 is 0 Å². The van der Waals surface area contributed by atoms with Crippen LogP contribution in [0.4, 0.5) is 0 Å². The minimum absolute atomic E-state index is 0.486. The first kappa shape index (κ1) is 12.9. The van der Waals surface area contributed by atoms with E-state index in [1.807, 2.05) is 67.1 Å². The van der Waals surface area contributed by atoms with Crippen molar-refractivity contribution in [3.05, 3.63) is 53.3 Å². The Hall–Kier alpha value is -2.13. The van der Waals surface area contributed by atoms with Gasteiger partial charge in [0, 0.05) is 18.3 Å². The smallest absolute Gasteiger partial charge is 0.163 e. The van der Waals surface area contributed by atoms with Crippen LogP contribution in [0.2, 0.25) is 5.15 Å². The van der Waals surface area contributed by atoms with Gasteiger partial charge in [0.2, 0.25) is 0 Å². The average molecular weight is 284 g/mol. The van der Waals surface area contributed by atoms with E-state index in [0.717, 1.165) is 22.3 Å². The molecule has 0 bridgehead atoms. The summed E-state index contributed by atoms with van der Waals surface area (Å²) in [4.78, 5) is 9.05. The molecule has 0 fully saturated rings. The minimum atomic E-state index is 0.486. The molecular formula is C16H14ClN3. The molecule has 2 heterocycles. The van der Waals surface area contributed by atoms with Crippen LogP contribution in [0.15, 0.2) is 42.5 Å². The molecule has 4 heteroatoms. The van der Waals surface area contributed by atoms with Crippen LogP contribution >= 0.6 is 11.6 Å². The zero-order chi connectivity index (χ0) is 14.1. The van der Waals surface area contributed by atoms with Crippen molar-refractivity contribution in [2.24, 2.45) is 7.05 Å². The van der Waals surface area contributed by atoms with Crippen LogP contribution < -0.4 is 0 Å². The maximum Gasteiger partial charge on any atom is 0.163 e. The SMILES string of the molecule is C/C=C/c1cc2c(Cl)nc(-c3ccccc3)nc2n1C. The summed E-state index contributed by atoms with van der Waals surface area (Å²) in [7, 11) is 1.98. The molecule has 0 amide bonds. The molecule has 3 aromatic rings. The molecule has 0 N–H and O–H groups in total. The highest BCUT2D eigenvalue weighted by atomic mass is 35.5. The summed E-state index contributed by atoms with van der Waals surface area (Å²) in [6, 6.07) is 11.9. The van der Waals surface area contributed by atoms with E-state index in [-0.39, 0.29) is 0 Å². The van der Waals surface area contributed by atoms with Crippen molar-refractivity contribution in [1.29, 1.82) is 0 Å². The predicted octanol–water partition coefficient (Wildman–Crippen LogP) is 4.32. The molecule has 1 aromatic carbocycles. The second kappa shape index (κ2) is 5.10. The topological polar surface area (TPSA) is 30.7 Å². The molecule has 0 saturated carbocycles. The van der Waals surface area contributed by atoms with Crippen molar-refractivity contribution in [3.8, 4) is 11.4 Å². The van der Waals surface area contributed by atoms with Crippen LogP contribution in [0.5, 0.6) is 0 Å². The third kappa shape index (κ3) is 2.10. The number of halogens is 1. The lowest BCUT2D eigenvalue weighted by Crippen LogP contribution is -1.96. The highest BCUT2D eigenvalue weighted by Crippen LogP contribution is 2.27. The van der Waals surface area contributed by atoms with Gasteiger partial charge in [0.05, 0.1) is 5.39 Å². The average Bonchev–Trinajstić information content (AvgIpc) is 2.78. The first-order valence-electron chi connectivity index (χ1n) is 6.42. The zero-order valence-electron chi connectivity index (χ0n) is 11.3. The van der Waals surface area contributed by atoms with Crippen LogP contribution in [0.1, 0.15) is 12.6 Å². The predicted molar refractivity (Wildman–Crippen MR) is 83.7 cm³/mol. The molecule has 0 saturated heterocycles. The van der Waals surface area contributed by atoms with Gasteiger partial charge in [0.15, 0.2) is 5.82 Å². The van der Waals surface area contributed by atoms with Crippen molar-refractivity contribution in [3.63, 3.8) is 0 Å². The van der Waals surface area contributed by atoms with Crippen molar-refractivity contribution in [1.82, 2.24) is 14.5 Å². The Morgan fingerprint density at radius 3 is 2.60 bits per heavy atom. The number of aryl methyl sites for hydroxylation is 1. The molecule has 0 aliphatic carbocycles. The Balaban J connectivity index is 2.26. The fourth-order valence-electron chi connectivity index (χ4n) is 2.22. The van der Waals surface area contributed by atoms with Gasteiger partial charge in [0.1, 0.15) is 10.8 Å². The summed E-state index contributed by atoms with van der Waals surface area (Å²) < 4.78 is 2.02. The fourth-order valence-corrected chi connectivity index (χ4v) is 2.44. The van der Waals surface area contributed by atoms with Gasteiger partial charge in [0.25, 0.3) is 0 Å². The normalized spacial score (nSPS) is 11.6. The molecule has 20 heavy (non-hydrogen) atoms. The highest BCUT2D eigenvalue weighted by Gasteiger charge is 2.12. The number of rotatable bonds is 2. The van der Waals surface area contributed by atoms with Gasteiger partial charge in [-0.15, -0.1) is 0 Å². The number of aromatic nitrogens is 3. The molecule has 0 unspecified atom stereocenters. The number of fused-ring (bicyclic) bond motifs is 1. The second-order valence-corrected chi connectivity index (χ2v) is 4.93. The summed E-state index contributed by atoms with van der Waals surface area (Å²) in [5.41, 5.74) is 2.87. The van der Waals surface area contributed by atoms with E-state index in [0.29, 0.717) is 11.0 Å². The largest absolute Gasteiger partial charge is 0.329 e. The summed E-state index contributed by atoms with van der Waals surface area (Å²) in [5.74, 6) is 0.649. The Bertz CT molecular complexity index is 788. The van der Waals surface area contributed by atoms with Crippen molar-refractivity contribution >= 4 is 28.7 Å². The summed E-state index contributed by atoms with van der Waals surface area (Å²) in [5, 5.41) is 1.36. The van der Waals surface area contributed by atoms with Crippen LogP contribution in [0, 0.1) is 0 Å². The van der Waals surface area contributed by atoms with Crippen molar-refractivity contribution in [2.45, 2.75) is 6.92 Å². The lowest BCUT2D eigenvalue weighted by molar-refractivity contribution is 0.932. The lowest BCUT2D eigenvalue weighted by atomic mass is 10.2. The number of benzene rings is 1. The van der Waals surface area contributed by atoms with E-state index in [1.165, 1.54) is 0 Å². The van der Waals surface area contributed by atoms with Crippen LogP contribution in [0.3, 0.4) is 0 Å². The first-order chi connectivity index (χ1) is 9.70. The van der Waals surface area contributed by atoms with Crippen LogP contribution in [-0.2, 0) is 7.05 Å². The number of hydrogen-bond acceptors (Lipinski definition) is 2. The van der Waals surface area contributed by atoms with E-state index in [2.05, 4.69) is 9.97 Å². The van der Waals surface area contributed by atoms with Crippen molar-refractivity contribution in [2.75, 3.05) is 0 Å². The van der Waals surface area contributed by atoms with Gasteiger partial charge in [-0.3, -0.25) is 0 Å². The quantitative estimate of drug-likeness (QED) is 0.656. The van der Waals surface area contributed by atoms with E-state index < -0.39 is 0 Å². The third-order valence-corrected chi connectivity index (χ3v) is 3.53. The molecule has 100 valence electrons. The Labute approximate surface area is 122 Å². The van der Waals surface area contributed by atoms with Crippen LogP contribution in [-0.4, -0.2) is 14.5 Å². The molecule has 3 rings (SSSR count). The lowest BCUT2D eigenvalue weighted by Gasteiger charge is -2.03. The molecule has 0 atom stereocenters. The van der Waals surface area contributed by atoms with E-state index >= 15 is 0 Å². The Kier molecular flexibility index (Phi) is 3.28. The standard InChI is InChI=1S/C16H14ClN3/c1-3-7-12-10-13-14(17)18-15(19-16(13)20(12)2)11-8-5-4-6-9-11/h3-10H,1-2H3/b7-3+. The molecule has 0 aliphatic rings. The molecule has 0 aliphatic heterocycles. The Morgan fingerprint density at radius 1 is 1.15 bits per heavy atom. The molecule has 3 nitrogen and oxygen atoms in total. The van der Waals surface area contributed by atoms with Gasteiger partial charge < -0.3 is 4.57 Å². The van der Waals surface area contributed by atoms with E-state index in [1.54, 1.807) is 0 Å². The molecular weight excluding hydrogens is 270 g/mol. The van der Waals surface area contributed by atoms with E-state index in [9.17, 15) is 0 Å². The highest BCUT2D eigenvalue weighted by molar-refractivity contribution is 6.34. The third-order valence-electron chi connectivity index (χ3n) is 3.25. The maximum atomic E-state index is 6.31. The summed E-state index contributed by atoms with van der Waals surface area (Å²) in [6.07, 6.45) is 4.02. The van der Waals surface area contributed by atoms with E-state index in [4.69, 9.17) is 11.6 Å². The Morgan fingerprint density at radius 2 is 1.90 bits per heavy atom. The molecule has 2 aromatic heterocycles. The van der Waals surface area contributed by atoms with Gasteiger partial charge in [-0.1, -0.05) is 48.0 Å². The van der Waals surface area contributed by atoms with Gasteiger partial charge in [-0.25, -0.2) is 9.97 Å². The first-order valence-corrected chi connectivity index (χ1v) is 6.79. The molecule has 0 spiro atoms. The molecule has 0 radical (unpaired) electrons. The summed E-state index contributed by atoms with van der Waals surface area (Å²) in [6.45, 7) is 1.99. The number of allylic oxidation sites excluding steroid dienone is 1. The van der Waals surface area contributed by atoms with Crippen LogP contribution in [0.25, 0.3) is 28.5 Å². The second-order valence-electron chi connectivity index (χ2n) is 4.57. The minimum Gasteiger partial charge on any atom is -0.329 e. The maximum absolute atomic E-state index is 6.31. The zero-order valence-corrected chi connectivity index (χ0v) is 12.1. The monoisotopic (exact) mass is 283 g/mol. The fraction of sp³-hybridized carbons (Fsp3) is 0.125. The van der Waals surface area contributed by atoms with Gasteiger partial charge in [-0.2, -0.15) is 0 Å².